The standard InChI is InChI=1S/C8H9ClN2O3/c1-14-7-3(8(12)13)2-4(9)5(10)6(7)11/h2H,10-11H2,1H3,(H,12,13). The molecule has 6 heteroatoms. The molecule has 0 radical (unpaired) electrons. The van der Waals surface area contributed by atoms with Gasteiger partial charge in [0.05, 0.1) is 23.5 Å². The van der Waals surface area contributed by atoms with E-state index >= 15 is 0 Å². The smallest absolute Gasteiger partial charge is 0.339 e. The van der Waals surface area contributed by atoms with Crippen molar-refractivity contribution in [3.63, 3.8) is 0 Å². The number of carbonyl (C=O) groups is 1. The molecule has 5 nitrogen and oxygen atoms in total. The van der Waals surface area contributed by atoms with Gasteiger partial charge in [-0.15, -0.1) is 0 Å². The van der Waals surface area contributed by atoms with Gasteiger partial charge in [0.1, 0.15) is 5.56 Å². The number of carboxylic acid groups (broad SMARTS) is 1. The third kappa shape index (κ3) is 1.54. The summed E-state index contributed by atoms with van der Waals surface area (Å²) in [5.74, 6) is -1.14. The van der Waals surface area contributed by atoms with E-state index in [1.807, 2.05) is 0 Å². The molecular formula is C8H9ClN2O3. The van der Waals surface area contributed by atoms with E-state index in [2.05, 4.69) is 0 Å². The predicted molar refractivity (Wildman–Crippen MR) is 53.8 cm³/mol. The molecule has 14 heavy (non-hydrogen) atoms. The van der Waals surface area contributed by atoms with Crippen LogP contribution >= 0.6 is 11.6 Å². The molecule has 0 aliphatic rings. The normalized spacial score (nSPS) is 9.86. The molecule has 0 bridgehead atoms. The Morgan fingerprint density at radius 1 is 1.50 bits per heavy atom. The van der Waals surface area contributed by atoms with E-state index in [4.69, 9.17) is 32.9 Å². The molecule has 0 unspecified atom stereocenters. The first kappa shape index (κ1) is 10.5. The second kappa shape index (κ2) is 3.63. The van der Waals surface area contributed by atoms with E-state index in [-0.39, 0.29) is 27.7 Å². The Morgan fingerprint density at radius 2 is 2.07 bits per heavy atom. The second-order valence-electron chi connectivity index (χ2n) is 2.57. The summed E-state index contributed by atoms with van der Waals surface area (Å²) >= 11 is 5.67. The molecule has 1 aromatic carbocycles. The van der Waals surface area contributed by atoms with E-state index in [0.29, 0.717) is 0 Å². The molecule has 5 N–H and O–H groups in total. The fourth-order valence-electron chi connectivity index (χ4n) is 1.04. The first-order chi connectivity index (χ1) is 6.49. The van der Waals surface area contributed by atoms with Crippen LogP contribution in [0.25, 0.3) is 0 Å². The number of rotatable bonds is 2. The number of hydrogen-bond donors (Lipinski definition) is 3. The lowest BCUT2D eigenvalue weighted by atomic mass is 10.1. The number of ether oxygens (including phenoxy) is 1. The Kier molecular flexibility index (Phi) is 2.71. The quantitative estimate of drug-likeness (QED) is 0.646. The zero-order valence-corrected chi connectivity index (χ0v) is 8.13. The summed E-state index contributed by atoms with van der Waals surface area (Å²) in [5, 5.41) is 8.90. The first-order valence-electron chi connectivity index (χ1n) is 3.63. The van der Waals surface area contributed by atoms with Crippen LogP contribution in [-0.4, -0.2) is 18.2 Å². The number of hydrogen-bond acceptors (Lipinski definition) is 4. The van der Waals surface area contributed by atoms with E-state index in [1.54, 1.807) is 0 Å². The van der Waals surface area contributed by atoms with Gasteiger partial charge in [0.2, 0.25) is 0 Å². The lowest BCUT2D eigenvalue weighted by Crippen LogP contribution is -2.06. The van der Waals surface area contributed by atoms with Gasteiger partial charge in [-0.3, -0.25) is 0 Å². The molecule has 0 heterocycles. The summed E-state index contributed by atoms with van der Waals surface area (Å²) in [6.45, 7) is 0. The van der Waals surface area contributed by atoms with Crippen molar-refractivity contribution >= 4 is 28.9 Å². The molecule has 0 saturated carbocycles. The Morgan fingerprint density at radius 3 is 2.50 bits per heavy atom. The predicted octanol–water partition coefficient (Wildman–Crippen LogP) is 1.21. The lowest BCUT2D eigenvalue weighted by Gasteiger charge is -2.11. The minimum atomic E-state index is -1.17. The fraction of sp³-hybridized carbons (Fsp3) is 0.125. The van der Waals surface area contributed by atoms with Crippen LogP contribution in [-0.2, 0) is 0 Å². The van der Waals surface area contributed by atoms with Gasteiger partial charge in [0.15, 0.2) is 5.75 Å². The van der Waals surface area contributed by atoms with Crippen molar-refractivity contribution in [3.05, 3.63) is 16.7 Å². The highest BCUT2D eigenvalue weighted by atomic mass is 35.5. The highest BCUT2D eigenvalue weighted by Gasteiger charge is 2.18. The number of nitrogens with two attached hydrogens (primary N) is 2. The van der Waals surface area contributed by atoms with Crippen molar-refractivity contribution in [3.8, 4) is 5.75 Å². The van der Waals surface area contributed by atoms with E-state index in [0.717, 1.165) is 0 Å². The number of nitrogen functional groups attached to an aromatic ring is 2. The van der Waals surface area contributed by atoms with Crippen molar-refractivity contribution < 1.29 is 14.6 Å². The third-order valence-electron chi connectivity index (χ3n) is 1.74. The molecule has 1 rings (SSSR count). The van der Waals surface area contributed by atoms with E-state index < -0.39 is 5.97 Å². The SMILES string of the molecule is COc1c(C(=O)O)cc(Cl)c(N)c1N. The second-order valence-corrected chi connectivity index (χ2v) is 2.98. The van der Waals surface area contributed by atoms with Gasteiger partial charge in [-0.05, 0) is 6.07 Å². The van der Waals surface area contributed by atoms with Crippen LogP contribution in [0.2, 0.25) is 5.02 Å². The maximum absolute atomic E-state index is 10.8. The van der Waals surface area contributed by atoms with Crippen LogP contribution in [0.4, 0.5) is 11.4 Å². The highest BCUT2D eigenvalue weighted by Crippen LogP contribution is 2.36. The molecule has 0 aliphatic carbocycles. The Hall–Kier alpha value is -1.62. The molecule has 0 saturated heterocycles. The summed E-state index contributed by atoms with van der Waals surface area (Å²) in [6.07, 6.45) is 0. The molecular weight excluding hydrogens is 208 g/mol. The zero-order chi connectivity index (χ0) is 10.9. The summed E-state index contributed by atoms with van der Waals surface area (Å²) in [6, 6.07) is 1.20. The van der Waals surface area contributed by atoms with Gasteiger partial charge in [-0.25, -0.2) is 4.79 Å². The Bertz CT molecular complexity index is 393. The van der Waals surface area contributed by atoms with Crippen molar-refractivity contribution in [1.29, 1.82) is 0 Å². The molecule has 0 spiro atoms. The van der Waals surface area contributed by atoms with Crippen molar-refractivity contribution in [2.45, 2.75) is 0 Å². The number of anilines is 2. The zero-order valence-electron chi connectivity index (χ0n) is 7.37. The summed E-state index contributed by atoms with van der Waals surface area (Å²) in [5.41, 5.74) is 11.1. The van der Waals surface area contributed by atoms with Crippen LogP contribution in [0.1, 0.15) is 10.4 Å². The van der Waals surface area contributed by atoms with Gasteiger partial charge >= 0.3 is 5.97 Å². The van der Waals surface area contributed by atoms with Gasteiger partial charge in [-0.2, -0.15) is 0 Å². The van der Waals surface area contributed by atoms with Crippen LogP contribution < -0.4 is 16.2 Å². The number of methoxy groups -OCH3 is 1. The Labute approximate surface area is 85.2 Å². The average Bonchev–Trinajstić information content (AvgIpc) is 2.13. The largest absolute Gasteiger partial charge is 0.494 e. The minimum Gasteiger partial charge on any atom is -0.494 e. The molecule has 76 valence electrons. The maximum Gasteiger partial charge on any atom is 0.339 e. The van der Waals surface area contributed by atoms with Crippen molar-refractivity contribution in [2.75, 3.05) is 18.6 Å². The maximum atomic E-state index is 10.8. The summed E-state index contributed by atoms with van der Waals surface area (Å²) in [7, 11) is 1.31. The molecule has 0 fully saturated rings. The number of halogens is 1. The van der Waals surface area contributed by atoms with Gasteiger partial charge in [0, 0.05) is 0 Å². The van der Waals surface area contributed by atoms with Crippen molar-refractivity contribution in [1.82, 2.24) is 0 Å². The van der Waals surface area contributed by atoms with Gasteiger partial charge in [-0.1, -0.05) is 11.6 Å². The van der Waals surface area contributed by atoms with E-state index in [9.17, 15) is 4.79 Å². The molecule has 0 amide bonds. The number of benzene rings is 1. The first-order valence-corrected chi connectivity index (χ1v) is 4.01. The average molecular weight is 217 g/mol. The van der Waals surface area contributed by atoms with Crippen LogP contribution in [0.5, 0.6) is 5.75 Å². The van der Waals surface area contributed by atoms with Crippen LogP contribution in [0, 0.1) is 0 Å². The topological polar surface area (TPSA) is 98.6 Å². The molecule has 0 aliphatic heterocycles. The monoisotopic (exact) mass is 216 g/mol. The lowest BCUT2D eigenvalue weighted by molar-refractivity contribution is 0.0693. The van der Waals surface area contributed by atoms with Gasteiger partial charge in [0.25, 0.3) is 0 Å². The summed E-state index contributed by atoms with van der Waals surface area (Å²) in [4.78, 5) is 10.8. The Balaban J connectivity index is 3.51. The van der Waals surface area contributed by atoms with E-state index in [1.165, 1.54) is 13.2 Å². The number of carboxylic acids is 1. The van der Waals surface area contributed by atoms with Gasteiger partial charge < -0.3 is 21.3 Å². The molecule has 0 aromatic heterocycles. The highest BCUT2D eigenvalue weighted by molar-refractivity contribution is 6.34. The van der Waals surface area contributed by atoms with Crippen LogP contribution in [0.15, 0.2) is 6.07 Å². The third-order valence-corrected chi connectivity index (χ3v) is 2.06. The van der Waals surface area contributed by atoms with Crippen molar-refractivity contribution in [2.24, 2.45) is 0 Å². The molecule has 1 aromatic rings. The minimum absolute atomic E-state index is 0.0272. The van der Waals surface area contributed by atoms with Crippen LogP contribution in [0.3, 0.4) is 0 Å². The summed E-state index contributed by atoms with van der Waals surface area (Å²) < 4.78 is 4.83. The molecule has 0 atom stereocenters. The fourth-order valence-corrected chi connectivity index (χ4v) is 1.26. The number of aromatic carboxylic acids is 1.